The third-order valence-electron chi connectivity index (χ3n) is 2.59. The normalized spacial score (nSPS) is 9.95. The van der Waals surface area contributed by atoms with Gasteiger partial charge in [-0.2, -0.15) is 0 Å². The Hall–Kier alpha value is -2.01. The van der Waals surface area contributed by atoms with Crippen molar-refractivity contribution in [2.24, 2.45) is 0 Å². The summed E-state index contributed by atoms with van der Waals surface area (Å²) in [5, 5.41) is 7.62. The molecule has 0 spiro atoms. The molecule has 0 aliphatic rings. The molecule has 1 aromatic carbocycles. The first kappa shape index (κ1) is 13.4. The minimum atomic E-state index is -0.221. The number of rotatable bonds is 5. The zero-order valence-corrected chi connectivity index (χ0v) is 11.5. The van der Waals surface area contributed by atoms with E-state index in [-0.39, 0.29) is 6.03 Å². The van der Waals surface area contributed by atoms with E-state index in [1.165, 1.54) is 4.88 Å². The second-order valence-corrected chi connectivity index (χ2v) is 4.94. The predicted octanol–water partition coefficient (Wildman–Crippen LogP) is 3.12. The first-order valence-corrected chi connectivity index (χ1v) is 6.88. The Morgan fingerprint density at radius 3 is 2.84 bits per heavy atom. The van der Waals surface area contributed by atoms with Gasteiger partial charge in [-0.1, -0.05) is 18.2 Å². The molecule has 0 saturated heterocycles. The third kappa shape index (κ3) is 3.99. The van der Waals surface area contributed by atoms with E-state index in [0.717, 1.165) is 6.42 Å². The number of ether oxygens (including phenoxy) is 1. The van der Waals surface area contributed by atoms with E-state index in [2.05, 4.69) is 16.7 Å². The lowest BCUT2D eigenvalue weighted by atomic mass is 10.3. The Kier molecular flexibility index (Phi) is 4.80. The van der Waals surface area contributed by atoms with Gasteiger partial charge in [0.25, 0.3) is 0 Å². The number of amides is 2. The summed E-state index contributed by atoms with van der Waals surface area (Å²) in [5.41, 5.74) is 0.665. The highest BCUT2D eigenvalue weighted by molar-refractivity contribution is 7.09. The number of thiophene rings is 1. The average Bonchev–Trinajstić information content (AvgIpc) is 2.92. The molecule has 1 heterocycles. The maximum absolute atomic E-state index is 11.7. The summed E-state index contributed by atoms with van der Waals surface area (Å²) in [6.45, 7) is 0.613. The largest absolute Gasteiger partial charge is 0.495 e. The fraction of sp³-hybridized carbons (Fsp3) is 0.214. The van der Waals surface area contributed by atoms with Crippen molar-refractivity contribution in [3.8, 4) is 5.75 Å². The van der Waals surface area contributed by atoms with Gasteiger partial charge >= 0.3 is 6.03 Å². The fourth-order valence-electron chi connectivity index (χ4n) is 1.67. The molecule has 1 aromatic heterocycles. The fourth-order valence-corrected chi connectivity index (χ4v) is 2.38. The van der Waals surface area contributed by atoms with Gasteiger partial charge in [0.15, 0.2) is 0 Å². The third-order valence-corrected chi connectivity index (χ3v) is 3.53. The molecule has 100 valence electrons. The first-order chi connectivity index (χ1) is 9.29. The molecule has 2 amide bonds. The molecule has 2 N–H and O–H groups in total. The molecule has 4 nitrogen and oxygen atoms in total. The van der Waals surface area contributed by atoms with Crippen LogP contribution in [0.25, 0.3) is 0 Å². The number of nitrogens with one attached hydrogen (secondary N) is 2. The Labute approximate surface area is 116 Å². The molecule has 0 unspecified atom stereocenters. The summed E-state index contributed by atoms with van der Waals surface area (Å²) in [6, 6.07) is 11.2. The minimum absolute atomic E-state index is 0.221. The Morgan fingerprint density at radius 1 is 1.26 bits per heavy atom. The maximum atomic E-state index is 11.7. The zero-order chi connectivity index (χ0) is 13.5. The summed E-state index contributed by atoms with van der Waals surface area (Å²) in [6.07, 6.45) is 0.844. The molecule has 0 fully saturated rings. The van der Waals surface area contributed by atoms with E-state index < -0.39 is 0 Å². The number of urea groups is 1. The zero-order valence-electron chi connectivity index (χ0n) is 10.7. The monoisotopic (exact) mass is 276 g/mol. The summed E-state index contributed by atoms with van der Waals surface area (Å²) in [4.78, 5) is 13.0. The quantitative estimate of drug-likeness (QED) is 0.881. The van der Waals surface area contributed by atoms with Crippen LogP contribution in [0.3, 0.4) is 0 Å². The Bertz CT molecular complexity index is 526. The van der Waals surface area contributed by atoms with Gasteiger partial charge < -0.3 is 15.4 Å². The van der Waals surface area contributed by atoms with Crippen LogP contribution in [0.5, 0.6) is 5.75 Å². The number of methoxy groups -OCH3 is 1. The second kappa shape index (κ2) is 6.80. The highest BCUT2D eigenvalue weighted by atomic mass is 32.1. The number of para-hydroxylation sites is 2. The number of carbonyl (C=O) groups is 1. The van der Waals surface area contributed by atoms with Crippen molar-refractivity contribution >= 4 is 23.1 Å². The van der Waals surface area contributed by atoms with Crippen LogP contribution in [-0.4, -0.2) is 19.7 Å². The molecule has 0 aliphatic heterocycles. The van der Waals surface area contributed by atoms with Crippen LogP contribution in [0.4, 0.5) is 10.5 Å². The lowest BCUT2D eigenvalue weighted by Gasteiger charge is -2.10. The summed E-state index contributed by atoms with van der Waals surface area (Å²) in [5.74, 6) is 0.649. The lowest BCUT2D eigenvalue weighted by molar-refractivity contribution is 0.252. The van der Waals surface area contributed by atoms with Gasteiger partial charge in [0.05, 0.1) is 12.8 Å². The molecular formula is C14H16N2O2S. The lowest BCUT2D eigenvalue weighted by Crippen LogP contribution is -2.30. The van der Waals surface area contributed by atoms with Crippen molar-refractivity contribution in [1.29, 1.82) is 0 Å². The van der Waals surface area contributed by atoms with E-state index in [4.69, 9.17) is 4.74 Å². The smallest absolute Gasteiger partial charge is 0.319 e. The van der Waals surface area contributed by atoms with Crippen molar-refractivity contribution in [1.82, 2.24) is 5.32 Å². The van der Waals surface area contributed by atoms with E-state index in [1.807, 2.05) is 23.6 Å². The van der Waals surface area contributed by atoms with Crippen molar-refractivity contribution in [2.45, 2.75) is 6.42 Å². The van der Waals surface area contributed by atoms with Gasteiger partial charge in [0.2, 0.25) is 0 Å². The van der Waals surface area contributed by atoms with E-state index in [1.54, 1.807) is 30.6 Å². The minimum Gasteiger partial charge on any atom is -0.495 e. The number of hydrogen-bond acceptors (Lipinski definition) is 3. The van der Waals surface area contributed by atoms with Crippen molar-refractivity contribution in [2.75, 3.05) is 19.0 Å². The van der Waals surface area contributed by atoms with Crippen molar-refractivity contribution in [3.05, 3.63) is 46.7 Å². The molecule has 2 aromatic rings. The summed E-state index contributed by atoms with van der Waals surface area (Å²) >= 11 is 1.69. The number of benzene rings is 1. The van der Waals surface area contributed by atoms with Crippen LogP contribution in [0.1, 0.15) is 4.88 Å². The van der Waals surface area contributed by atoms with Crippen molar-refractivity contribution < 1.29 is 9.53 Å². The Balaban J connectivity index is 1.80. The molecule has 0 radical (unpaired) electrons. The molecule has 19 heavy (non-hydrogen) atoms. The van der Waals surface area contributed by atoms with Crippen LogP contribution < -0.4 is 15.4 Å². The van der Waals surface area contributed by atoms with Crippen LogP contribution in [0, 0.1) is 0 Å². The molecule has 0 aliphatic carbocycles. The van der Waals surface area contributed by atoms with E-state index in [0.29, 0.717) is 18.0 Å². The highest BCUT2D eigenvalue weighted by Crippen LogP contribution is 2.22. The highest BCUT2D eigenvalue weighted by Gasteiger charge is 2.05. The van der Waals surface area contributed by atoms with Gasteiger partial charge in [0.1, 0.15) is 5.75 Å². The first-order valence-electron chi connectivity index (χ1n) is 6.00. The second-order valence-electron chi connectivity index (χ2n) is 3.91. The van der Waals surface area contributed by atoms with Crippen LogP contribution >= 0.6 is 11.3 Å². The van der Waals surface area contributed by atoms with Gasteiger partial charge in [-0.25, -0.2) is 4.79 Å². The van der Waals surface area contributed by atoms with Crippen LogP contribution in [-0.2, 0) is 6.42 Å². The summed E-state index contributed by atoms with van der Waals surface area (Å²) < 4.78 is 5.17. The molecule has 2 rings (SSSR count). The SMILES string of the molecule is COc1ccccc1NC(=O)NCCc1cccs1. The average molecular weight is 276 g/mol. The van der Waals surface area contributed by atoms with Gasteiger partial charge in [-0.15, -0.1) is 11.3 Å². The molecule has 0 bridgehead atoms. The van der Waals surface area contributed by atoms with E-state index in [9.17, 15) is 4.79 Å². The molecule has 0 saturated carbocycles. The standard InChI is InChI=1S/C14H16N2O2S/c1-18-13-7-3-2-6-12(13)16-14(17)15-9-8-11-5-4-10-19-11/h2-7,10H,8-9H2,1H3,(H2,15,16,17). The van der Waals surface area contributed by atoms with Gasteiger partial charge in [-0.3, -0.25) is 0 Å². The molecule has 0 atom stereocenters. The maximum Gasteiger partial charge on any atom is 0.319 e. The predicted molar refractivity (Wildman–Crippen MR) is 78.0 cm³/mol. The number of carbonyl (C=O) groups excluding carboxylic acids is 1. The van der Waals surface area contributed by atoms with Crippen molar-refractivity contribution in [3.63, 3.8) is 0 Å². The Morgan fingerprint density at radius 2 is 2.11 bits per heavy atom. The number of hydrogen-bond donors (Lipinski definition) is 2. The molecular weight excluding hydrogens is 260 g/mol. The van der Waals surface area contributed by atoms with Crippen LogP contribution in [0.2, 0.25) is 0 Å². The van der Waals surface area contributed by atoms with Crippen LogP contribution in [0.15, 0.2) is 41.8 Å². The molecule has 5 heteroatoms. The topological polar surface area (TPSA) is 50.4 Å². The van der Waals surface area contributed by atoms with Gasteiger partial charge in [-0.05, 0) is 30.0 Å². The van der Waals surface area contributed by atoms with E-state index >= 15 is 0 Å². The van der Waals surface area contributed by atoms with Gasteiger partial charge in [0, 0.05) is 11.4 Å². The number of anilines is 1. The summed E-state index contributed by atoms with van der Waals surface area (Å²) in [7, 11) is 1.58.